The van der Waals surface area contributed by atoms with Gasteiger partial charge in [0.2, 0.25) is 0 Å². The molecule has 1 aliphatic heterocycles. The van der Waals surface area contributed by atoms with E-state index in [4.69, 9.17) is 0 Å². The SMILES string of the molecule is C[C@H]1CN(CC(C)(C)O)CCN1C(=O)c1ccc2c(=O)n(C)c(=O)n(C)c2n1. The molecule has 1 aliphatic rings. The minimum Gasteiger partial charge on any atom is -0.389 e. The Morgan fingerprint density at radius 3 is 2.50 bits per heavy atom. The molecular weight excluding hydrogens is 362 g/mol. The molecule has 9 heteroatoms. The van der Waals surface area contributed by atoms with Crippen LogP contribution in [0.2, 0.25) is 0 Å². The second kappa shape index (κ2) is 7.14. The first kappa shape index (κ1) is 20.2. The number of carbonyl (C=O) groups is 1. The van der Waals surface area contributed by atoms with E-state index >= 15 is 0 Å². The highest BCUT2D eigenvalue weighted by molar-refractivity contribution is 5.94. The minimum atomic E-state index is -0.789. The Morgan fingerprint density at radius 2 is 1.89 bits per heavy atom. The number of aliphatic hydroxyl groups is 1. The molecule has 3 rings (SSSR count). The molecule has 0 radical (unpaired) electrons. The molecule has 0 spiro atoms. The number of nitrogens with zero attached hydrogens (tertiary/aromatic N) is 5. The number of aromatic nitrogens is 3. The highest BCUT2D eigenvalue weighted by Crippen LogP contribution is 2.16. The molecule has 2 aromatic heterocycles. The summed E-state index contributed by atoms with van der Waals surface area (Å²) < 4.78 is 2.30. The van der Waals surface area contributed by atoms with Gasteiger partial charge in [-0.15, -0.1) is 0 Å². The van der Waals surface area contributed by atoms with Crippen molar-refractivity contribution in [2.45, 2.75) is 32.4 Å². The molecule has 3 heterocycles. The zero-order chi connectivity index (χ0) is 20.8. The fourth-order valence-corrected chi connectivity index (χ4v) is 3.75. The minimum absolute atomic E-state index is 0.0476. The van der Waals surface area contributed by atoms with Crippen molar-refractivity contribution in [1.82, 2.24) is 23.9 Å². The summed E-state index contributed by atoms with van der Waals surface area (Å²) in [4.78, 5) is 45.7. The van der Waals surface area contributed by atoms with Crippen molar-refractivity contribution >= 4 is 16.9 Å². The van der Waals surface area contributed by atoms with Crippen LogP contribution >= 0.6 is 0 Å². The van der Waals surface area contributed by atoms with E-state index < -0.39 is 16.9 Å². The van der Waals surface area contributed by atoms with Crippen LogP contribution < -0.4 is 11.2 Å². The highest BCUT2D eigenvalue weighted by atomic mass is 16.3. The summed E-state index contributed by atoms with van der Waals surface area (Å²) in [5.74, 6) is -0.231. The third-order valence-corrected chi connectivity index (χ3v) is 5.10. The van der Waals surface area contributed by atoms with Gasteiger partial charge in [-0.2, -0.15) is 0 Å². The standard InChI is InChI=1S/C19H27N5O4/c1-12-10-23(11-19(2,3)28)8-9-24(12)17(26)14-7-6-13-15(20-14)21(4)18(27)22(5)16(13)25/h6-7,12,28H,8-11H2,1-5H3/t12-/m0/s1. The molecule has 2 aromatic rings. The van der Waals surface area contributed by atoms with E-state index in [1.807, 2.05) is 6.92 Å². The lowest BCUT2D eigenvalue weighted by Crippen LogP contribution is -2.56. The predicted molar refractivity (Wildman–Crippen MR) is 105 cm³/mol. The fourth-order valence-electron chi connectivity index (χ4n) is 3.75. The molecule has 1 amide bonds. The average Bonchev–Trinajstić information content (AvgIpc) is 2.62. The van der Waals surface area contributed by atoms with Crippen molar-refractivity contribution in [3.63, 3.8) is 0 Å². The molecule has 0 aromatic carbocycles. The van der Waals surface area contributed by atoms with Crippen molar-refractivity contribution in [2.24, 2.45) is 14.1 Å². The first-order valence-electron chi connectivity index (χ1n) is 9.32. The van der Waals surface area contributed by atoms with Crippen molar-refractivity contribution in [1.29, 1.82) is 0 Å². The third kappa shape index (κ3) is 3.72. The van der Waals surface area contributed by atoms with Gasteiger partial charge in [-0.3, -0.25) is 23.6 Å². The Labute approximate surface area is 162 Å². The van der Waals surface area contributed by atoms with Crippen LogP contribution in [0.15, 0.2) is 21.7 Å². The Morgan fingerprint density at radius 1 is 1.21 bits per heavy atom. The maximum Gasteiger partial charge on any atom is 0.332 e. The molecule has 0 bridgehead atoms. The lowest BCUT2D eigenvalue weighted by atomic mass is 10.1. The maximum atomic E-state index is 13.0. The van der Waals surface area contributed by atoms with E-state index in [-0.39, 0.29) is 23.3 Å². The molecule has 1 fully saturated rings. The topological polar surface area (TPSA) is 101 Å². The number of amides is 1. The molecule has 1 saturated heterocycles. The number of hydrogen-bond acceptors (Lipinski definition) is 6. The van der Waals surface area contributed by atoms with Gasteiger partial charge in [-0.05, 0) is 32.9 Å². The summed E-state index contributed by atoms with van der Waals surface area (Å²) in [6.45, 7) is 7.87. The monoisotopic (exact) mass is 389 g/mol. The van der Waals surface area contributed by atoms with Gasteiger partial charge in [0, 0.05) is 46.3 Å². The zero-order valence-corrected chi connectivity index (χ0v) is 17.0. The molecule has 0 aliphatic carbocycles. The van der Waals surface area contributed by atoms with Crippen LogP contribution in [-0.2, 0) is 14.1 Å². The Kier molecular flexibility index (Phi) is 5.16. The first-order chi connectivity index (χ1) is 13.0. The summed E-state index contributed by atoms with van der Waals surface area (Å²) in [5, 5.41) is 10.3. The summed E-state index contributed by atoms with van der Waals surface area (Å²) in [7, 11) is 2.95. The van der Waals surface area contributed by atoms with Gasteiger partial charge in [-0.1, -0.05) is 0 Å². The van der Waals surface area contributed by atoms with Crippen LogP contribution in [0.1, 0.15) is 31.3 Å². The Balaban J connectivity index is 1.88. The van der Waals surface area contributed by atoms with Crippen molar-refractivity contribution in [3.05, 3.63) is 38.7 Å². The Bertz CT molecular complexity index is 1030. The quantitative estimate of drug-likeness (QED) is 0.763. The number of pyridine rings is 1. The second-order valence-corrected chi connectivity index (χ2v) is 8.17. The van der Waals surface area contributed by atoms with Crippen LogP contribution in [0.4, 0.5) is 0 Å². The second-order valence-electron chi connectivity index (χ2n) is 8.17. The van der Waals surface area contributed by atoms with Crippen LogP contribution in [0.3, 0.4) is 0 Å². The van der Waals surface area contributed by atoms with E-state index in [0.717, 1.165) is 4.57 Å². The number of rotatable bonds is 3. The van der Waals surface area contributed by atoms with E-state index in [2.05, 4.69) is 9.88 Å². The highest BCUT2D eigenvalue weighted by Gasteiger charge is 2.31. The van der Waals surface area contributed by atoms with E-state index in [0.29, 0.717) is 31.6 Å². The van der Waals surface area contributed by atoms with Gasteiger partial charge >= 0.3 is 5.69 Å². The van der Waals surface area contributed by atoms with Gasteiger partial charge in [0.05, 0.1) is 11.0 Å². The molecule has 0 unspecified atom stereocenters. The predicted octanol–water partition coefficient (Wildman–Crippen LogP) is -0.451. The molecule has 152 valence electrons. The third-order valence-electron chi connectivity index (χ3n) is 5.10. The van der Waals surface area contributed by atoms with Gasteiger partial charge in [0.1, 0.15) is 11.3 Å². The molecule has 9 nitrogen and oxygen atoms in total. The van der Waals surface area contributed by atoms with Crippen molar-refractivity contribution < 1.29 is 9.90 Å². The molecular formula is C19H27N5O4. The van der Waals surface area contributed by atoms with Crippen LogP contribution in [-0.4, -0.2) is 72.8 Å². The Hall–Kier alpha value is -2.52. The zero-order valence-electron chi connectivity index (χ0n) is 17.0. The fraction of sp³-hybridized carbons (Fsp3) is 0.579. The summed E-state index contributed by atoms with van der Waals surface area (Å²) in [5.41, 5.74) is -1.30. The van der Waals surface area contributed by atoms with Crippen molar-refractivity contribution in [3.8, 4) is 0 Å². The lowest BCUT2D eigenvalue weighted by Gasteiger charge is -2.41. The van der Waals surface area contributed by atoms with Crippen LogP contribution in [0.25, 0.3) is 11.0 Å². The average molecular weight is 389 g/mol. The number of β-amino-alcohol motifs (C(OH)–C–C–N with tert-alkyl or cyclic N) is 1. The van der Waals surface area contributed by atoms with E-state index in [9.17, 15) is 19.5 Å². The summed E-state index contributed by atoms with van der Waals surface area (Å²) in [6.07, 6.45) is 0. The smallest absolute Gasteiger partial charge is 0.332 e. The molecule has 28 heavy (non-hydrogen) atoms. The van der Waals surface area contributed by atoms with Gasteiger partial charge < -0.3 is 10.0 Å². The van der Waals surface area contributed by atoms with Gasteiger partial charge in [0.25, 0.3) is 11.5 Å². The summed E-state index contributed by atoms with van der Waals surface area (Å²) in [6, 6.07) is 3.03. The number of fused-ring (bicyclic) bond motifs is 1. The number of hydrogen-bond donors (Lipinski definition) is 1. The van der Waals surface area contributed by atoms with Crippen LogP contribution in [0, 0.1) is 0 Å². The largest absolute Gasteiger partial charge is 0.389 e. The first-order valence-corrected chi connectivity index (χ1v) is 9.32. The van der Waals surface area contributed by atoms with Crippen molar-refractivity contribution in [2.75, 3.05) is 26.2 Å². The van der Waals surface area contributed by atoms with E-state index in [1.54, 1.807) is 24.8 Å². The lowest BCUT2D eigenvalue weighted by molar-refractivity contribution is 0.00562. The van der Waals surface area contributed by atoms with Gasteiger partial charge in [-0.25, -0.2) is 9.78 Å². The molecule has 0 saturated carbocycles. The number of piperazine rings is 1. The maximum absolute atomic E-state index is 13.0. The number of carbonyl (C=O) groups excluding carboxylic acids is 1. The van der Waals surface area contributed by atoms with Crippen LogP contribution in [0.5, 0.6) is 0 Å². The normalized spacial score (nSPS) is 18.6. The van der Waals surface area contributed by atoms with Gasteiger partial charge in [0.15, 0.2) is 0 Å². The van der Waals surface area contributed by atoms with E-state index in [1.165, 1.54) is 24.7 Å². The molecule has 1 N–H and O–H groups in total. The molecule has 1 atom stereocenters. The summed E-state index contributed by atoms with van der Waals surface area (Å²) >= 11 is 0. The number of aryl methyl sites for hydroxylation is 1.